The van der Waals surface area contributed by atoms with Gasteiger partial charge in [0.2, 0.25) is 16.5 Å². The van der Waals surface area contributed by atoms with E-state index in [1.54, 1.807) is 0 Å². The Morgan fingerprint density at radius 1 is 0.529 bits per heavy atom. The molecular weight excluding hydrogens is 465 g/mol. The molecule has 0 aliphatic heterocycles. The third-order valence-corrected chi connectivity index (χ3v) is 5.51. The zero-order valence-corrected chi connectivity index (χ0v) is 18.0. The summed E-state index contributed by atoms with van der Waals surface area (Å²) >= 11 is 12.1. The van der Waals surface area contributed by atoms with Gasteiger partial charge >= 0.3 is 0 Å². The minimum absolute atomic E-state index is 0.307. The van der Waals surface area contributed by atoms with Gasteiger partial charge in [0.1, 0.15) is 0 Å². The van der Waals surface area contributed by atoms with Gasteiger partial charge in [-0.2, -0.15) is 15.0 Å². The zero-order chi connectivity index (χ0) is 35.9. The van der Waals surface area contributed by atoms with Gasteiger partial charge in [0, 0.05) is 27.2 Å². The van der Waals surface area contributed by atoms with Gasteiger partial charge < -0.3 is 4.57 Å². The second kappa shape index (κ2) is 7.29. The lowest BCUT2D eigenvalue weighted by atomic mass is 10.1. The van der Waals surface area contributed by atoms with Crippen molar-refractivity contribution in [3.05, 3.63) is 101 Å². The van der Waals surface area contributed by atoms with Gasteiger partial charge in [0.25, 0.3) is 0 Å². The van der Waals surface area contributed by atoms with Crippen molar-refractivity contribution in [2.24, 2.45) is 0 Å². The maximum atomic E-state index is 9.50. The smallest absolute Gasteiger partial charge is 0.240 e. The molecule has 34 heavy (non-hydrogen) atoms. The van der Waals surface area contributed by atoms with E-state index in [1.807, 2.05) is 0 Å². The average molecular weight is 495 g/mol. The van der Waals surface area contributed by atoms with Gasteiger partial charge in [-0.3, -0.25) is 4.57 Å². The van der Waals surface area contributed by atoms with Crippen LogP contribution in [0, 0.1) is 0 Å². The number of halogens is 2. The molecule has 7 heteroatoms. The van der Waals surface area contributed by atoms with Gasteiger partial charge in [0.15, 0.2) is 0 Å². The molecule has 3 heterocycles. The molecule has 0 saturated heterocycles. The number of aromatic nitrogens is 5. The Bertz CT molecular complexity index is 2610. The molecule has 0 fully saturated rings. The predicted octanol–water partition coefficient (Wildman–Crippen LogP) is 7.37. The lowest BCUT2D eigenvalue weighted by molar-refractivity contribution is 0.941. The third-order valence-electron chi connectivity index (χ3n) is 5.17. The Kier molecular flexibility index (Phi) is 2.09. The summed E-state index contributed by atoms with van der Waals surface area (Å²) in [6, 6.07) is -10.4. The van der Waals surface area contributed by atoms with Crippen molar-refractivity contribution in [2.45, 2.75) is 0 Å². The van der Waals surface area contributed by atoms with E-state index in [2.05, 4.69) is 15.0 Å². The number of benzene rings is 4. The fourth-order valence-corrected chi connectivity index (χ4v) is 4.23. The Morgan fingerprint density at radius 3 is 1.59 bits per heavy atom. The Labute approximate surface area is 224 Å². The summed E-state index contributed by atoms with van der Waals surface area (Å²) in [5, 5.41) is -2.12. The van der Waals surface area contributed by atoms with Crippen LogP contribution in [0.5, 0.6) is 0 Å². The van der Waals surface area contributed by atoms with Crippen molar-refractivity contribution in [3.63, 3.8) is 0 Å². The molecule has 0 radical (unpaired) electrons. The highest BCUT2D eigenvalue weighted by Gasteiger charge is 2.17. The number of nitrogens with zero attached hydrogens (tertiary/aromatic N) is 5. The van der Waals surface area contributed by atoms with E-state index in [9.17, 15) is 4.11 Å². The van der Waals surface area contributed by atoms with Gasteiger partial charge in [-0.05, 0) is 59.5 Å². The summed E-state index contributed by atoms with van der Waals surface area (Å²) in [6.45, 7) is 0. The van der Waals surface area contributed by atoms with Gasteiger partial charge in [-0.15, -0.1) is 0 Å². The number of rotatable bonds is 2. The minimum atomic E-state index is -0.776. The summed E-state index contributed by atoms with van der Waals surface area (Å²) in [7, 11) is 0. The summed E-state index contributed by atoms with van der Waals surface area (Å²) in [6.07, 6.45) is 0. The monoisotopic (exact) mass is 494 g/mol. The van der Waals surface area contributed by atoms with Crippen LogP contribution in [0.2, 0.25) is 10.6 Å². The highest BCUT2D eigenvalue weighted by molar-refractivity contribution is 6.31. The predicted molar refractivity (Wildman–Crippen MR) is 139 cm³/mol. The SMILES string of the molecule is [2H]c1c([2H])c([2H])c2c(c1[2H])c1c([2H])c(-n3c4c([2H])c([2H])c([2H])c([2H])c4c4c([2H])c([2H])c([2H])c([2H])c43)c([2H])c([2H])c1n2-c1nc(Cl)nc(Cl)n1. The lowest BCUT2D eigenvalue weighted by Crippen LogP contribution is -2.03. The molecule has 0 bridgehead atoms. The fraction of sp³-hybridized carbons (Fsp3) is 0. The van der Waals surface area contributed by atoms with Crippen LogP contribution in [0.1, 0.15) is 20.6 Å². The van der Waals surface area contributed by atoms with Gasteiger partial charge in [-0.1, -0.05) is 54.4 Å². The molecule has 0 spiro atoms. The quantitative estimate of drug-likeness (QED) is 0.252. The maximum absolute atomic E-state index is 9.50. The lowest BCUT2D eigenvalue weighted by Gasteiger charge is -2.09. The zero-order valence-electron chi connectivity index (χ0n) is 31.5. The summed E-state index contributed by atoms with van der Waals surface area (Å²) < 4.78 is 132. The van der Waals surface area contributed by atoms with Gasteiger partial charge in [0.05, 0.1) is 42.6 Å². The van der Waals surface area contributed by atoms with Crippen LogP contribution in [0.3, 0.4) is 0 Å². The van der Waals surface area contributed by atoms with Crippen molar-refractivity contribution in [3.8, 4) is 11.6 Å². The van der Waals surface area contributed by atoms with Crippen molar-refractivity contribution >= 4 is 66.8 Å². The molecule has 0 N–H and O–H groups in total. The maximum Gasteiger partial charge on any atom is 0.240 e. The van der Waals surface area contributed by atoms with Crippen LogP contribution in [0.4, 0.5) is 0 Å². The first-order valence-electron chi connectivity index (χ1n) is 17.1. The van der Waals surface area contributed by atoms with Crippen molar-refractivity contribution in [1.29, 1.82) is 0 Å². The second-order valence-corrected chi connectivity index (χ2v) is 7.64. The Morgan fingerprint density at radius 2 is 1.00 bits per heavy atom. The summed E-state index contributed by atoms with van der Waals surface area (Å²) in [4.78, 5) is 11.7. The molecule has 5 nitrogen and oxygen atoms in total. The normalized spacial score (nSPS) is 18.0. The van der Waals surface area contributed by atoms with Crippen molar-refractivity contribution < 1.29 is 20.6 Å². The molecule has 0 unspecified atom stereocenters. The molecule has 7 aromatic rings. The van der Waals surface area contributed by atoms with E-state index in [0.717, 1.165) is 9.13 Å². The van der Waals surface area contributed by atoms with Crippen LogP contribution in [0.15, 0.2) is 90.6 Å². The van der Waals surface area contributed by atoms with Crippen molar-refractivity contribution in [1.82, 2.24) is 24.1 Å². The highest BCUT2D eigenvalue weighted by Crippen LogP contribution is 2.36. The molecular formula is C27H15Cl2N5. The first-order chi connectivity index (χ1) is 22.9. The third kappa shape index (κ3) is 2.78. The summed E-state index contributed by atoms with van der Waals surface area (Å²) in [5.41, 5.74) is -2.04. The molecule has 7 rings (SSSR count). The molecule has 0 aliphatic rings. The highest BCUT2D eigenvalue weighted by atomic mass is 35.5. The Hall–Kier alpha value is -3.93. The first kappa shape index (κ1) is 9.74. The largest absolute Gasteiger partial charge is 0.309 e. The molecule has 0 saturated carbocycles. The van der Waals surface area contributed by atoms with E-state index >= 15 is 0 Å². The summed E-state index contributed by atoms with van der Waals surface area (Å²) in [5.74, 6) is -0.407. The van der Waals surface area contributed by atoms with Crippen molar-refractivity contribution in [2.75, 3.05) is 0 Å². The minimum Gasteiger partial charge on any atom is -0.309 e. The first-order valence-corrected chi connectivity index (χ1v) is 10.3. The number of fused-ring (bicyclic) bond motifs is 6. The van der Waals surface area contributed by atoms with Crippen LogP contribution in [0.25, 0.3) is 55.2 Å². The van der Waals surface area contributed by atoms with E-state index in [-0.39, 0.29) is 32.6 Å². The van der Waals surface area contributed by atoms with Crippen LogP contribution >= 0.6 is 23.2 Å². The molecule has 0 aliphatic carbocycles. The Balaban J connectivity index is 1.84. The fourth-order valence-electron chi connectivity index (χ4n) is 3.88. The van der Waals surface area contributed by atoms with Crippen LogP contribution in [-0.4, -0.2) is 24.1 Å². The van der Waals surface area contributed by atoms with Crippen LogP contribution in [-0.2, 0) is 0 Å². The van der Waals surface area contributed by atoms with E-state index in [0.29, 0.717) is 0 Å². The topological polar surface area (TPSA) is 48.5 Å². The number of hydrogen-bond donors (Lipinski definition) is 0. The average Bonchev–Trinajstić information content (AvgIpc) is 3.60. The molecule has 0 amide bonds. The molecule has 0 atom stereocenters. The van der Waals surface area contributed by atoms with E-state index < -0.39 is 124 Å². The van der Waals surface area contributed by atoms with E-state index in [4.69, 9.17) is 39.7 Å². The number of hydrogen-bond acceptors (Lipinski definition) is 3. The number of para-hydroxylation sites is 3. The van der Waals surface area contributed by atoms with E-state index in [1.165, 1.54) is 0 Å². The van der Waals surface area contributed by atoms with Gasteiger partial charge in [-0.25, -0.2) is 0 Å². The molecule has 162 valence electrons. The van der Waals surface area contributed by atoms with Crippen LogP contribution < -0.4 is 0 Å². The second-order valence-electron chi connectivity index (χ2n) is 6.96. The molecule has 3 aromatic heterocycles. The molecule has 4 aromatic carbocycles. The standard InChI is InChI=1S/C27H15Cl2N5/c28-25-30-26(29)32-27(31-25)34-23-12-6-3-9-19(23)20-15-16(13-14-24(20)34)33-21-10-4-1-7-17(21)18-8-2-5-11-22(18)33/h1-15H/i1D,2D,3D,4D,5D,6D,7D,8D,9D,10D,11D,12D,13D,14D,15D.